The minimum atomic E-state index is -0.119. The lowest BCUT2D eigenvalue weighted by Gasteiger charge is -2.15. The Morgan fingerprint density at radius 3 is 2.26 bits per heavy atom. The number of benzene rings is 2. The summed E-state index contributed by atoms with van der Waals surface area (Å²) in [6, 6.07) is 13.2. The molecule has 0 fully saturated rings. The average molecular weight is 473 g/mol. The number of fused-ring (bicyclic) bond motifs is 1. The Hall–Kier alpha value is -4.06. The molecule has 6 nitrogen and oxygen atoms in total. The smallest absolute Gasteiger partial charge is 0.221 e. The maximum atomic E-state index is 11.5. The number of carbonyl (C=O) groups is 1. The number of carbonyl (C=O) groups excluding carboxylic acids is 1. The van der Waals surface area contributed by atoms with Gasteiger partial charge in [-0.2, -0.15) is 0 Å². The Bertz CT molecular complexity index is 1330. The maximum Gasteiger partial charge on any atom is 0.221 e. The molecule has 1 N–H and O–H groups in total. The van der Waals surface area contributed by atoms with Gasteiger partial charge in [0.2, 0.25) is 5.91 Å². The van der Waals surface area contributed by atoms with Crippen molar-refractivity contribution in [2.75, 3.05) is 19.5 Å². The van der Waals surface area contributed by atoms with Crippen LogP contribution in [0.25, 0.3) is 16.5 Å². The van der Waals surface area contributed by atoms with Crippen molar-refractivity contribution in [3.63, 3.8) is 0 Å². The number of nitrogens with zero attached hydrogens (tertiary/aromatic N) is 1. The largest absolute Gasteiger partial charge is 0.493 e. The summed E-state index contributed by atoms with van der Waals surface area (Å²) in [6.07, 6.45) is 5.72. The van der Waals surface area contributed by atoms with Crippen LogP contribution >= 0.6 is 0 Å². The molecule has 6 heteroatoms. The first kappa shape index (κ1) is 25.6. The van der Waals surface area contributed by atoms with E-state index >= 15 is 0 Å². The number of hydrogen-bond acceptors (Lipinski definition) is 5. The maximum absolute atomic E-state index is 11.5. The molecule has 1 amide bonds. The van der Waals surface area contributed by atoms with Gasteiger partial charge in [0.25, 0.3) is 0 Å². The van der Waals surface area contributed by atoms with Crippen molar-refractivity contribution in [2.24, 2.45) is 0 Å². The van der Waals surface area contributed by atoms with Crippen LogP contribution in [0.4, 0.5) is 5.69 Å². The lowest BCUT2D eigenvalue weighted by molar-refractivity contribution is -0.114. The van der Waals surface area contributed by atoms with Crippen molar-refractivity contribution in [3.05, 3.63) is 83.3 Å². The molecule has 3 aromatic rings. The lowest BCUT2D eigenvalue weighted by atomic mass is 10.0. The third-order valence-corrected chi connectivity index (χ3v) is 5.69. The van der Waals surface area contributed by atoms with Crippen LogP contribution in [0.1, 0.15) is 40.2 Å². The van der Waals surface area contributed by atoms with Gasteiger partial charge in [-0.3, -0.25) is 9.78 Å². The highest BCUT2D eigenvalue weighted by molar-refractivity contribution is 5.90. The summed E-state index contributed by atoms with van der Waals surface area (Å²) in [5.74, 6) is 2.40. The average Bonchev–Trinajstić information content (AvgIpc) is 2.84. The van der Waals surface area contributed by atoms with Gasteiger partial charge in [0.15, 0.2) is 11.5 Å². The molecule has 0 aliphatic heterocycles. The molecule has 0 bridgehead atoms. The van der Waals surface area contributed by atoms with E-state index in [1.54, 1.807) is 20.4 Å². The number of rotatable bonds is 8. The fourth-order valence-electron chi connectivity index (χ4n) is 3.43. The molecule has 2 aromatic carbocycles. The van der Waals surface area contributed by atoms with Gasteiger partial charge in [0.05, 0.1) is 19.7 Å². The topological polar surface area (TPSA) is 69.7 Å². The molecule has 0 atom stereocenters. The predicted octanol–water partition coefficient (Wildman–Crippen LogP) is 6.93. The third-order valence-electron chi connectivity index (χ3n) is 5.69. The van der Waals surface area contributed by atoms with Crippen LogP contribution in [0.15, 0.2) is 77.7 Å². The number of amides is 1. The van der Waals surface area contributed by atoms with Crippen molar-refractivity contribution < 1.29 is 19.0 Å². The number of hydrogen-bond donors (Lipinski definition) is 1. The summed E-state index contributed by atoms with van der Waals surface area (Å²) >= 11 is 0. The van der Waals surface area contributed by atoms with E-state index in [1.807, 2.05) is 61.5 Å². The summed E-state index contributed by atoms with van der Waals surface area (Å²) in [7, 11) is 3.20. The zero-order valence-electron chi connectivity index (χ0n) is 21.4. The van der Waals surface area contributed by atoms with Crippen LogP contribution in [0.3, 0.4) is 0 Å². The van der Waals surface area contributed by atoms with Gasteiger partial charge in [0, 0.05) is 30.3 Å². The molecule has 0 aliphatic carbocycles. The number of aromatic nitrogens is 1. The summed E-state index contributed by atoms with van der Waals surface area (Å²) in [5.41, 5.74) is 5.68. The van der Waals surface area contributed by atoms with Crippen LogP contribution in [0, 0.1) is 0 Å². The van der Waals surface area contributed by atoms with Crippen LogP contribution in [-0.4, -0.2) is 25.1 Å². The molecular formula is C29H32N2O4. The highest BCUT2D eigenvalue weighted by Gasteiger charge is 2.13. The van der Waals surface area contributed by atoms with Crippen LogP contribution in [-0.2, 0) is 4.79 Å². The quantitative estimate of drug-likeness (QED) is 0.284. The van der Waals surface area contributed by atoms with Crippen LogP contribution in [0.2, 0.25) is 0 Å². The van der Waals surface area contributed by atoms with Crippen molar-refractivity contribution in [2.45, 2.75) is 34.6 Å². The number of methoxy groups -OCH3 is 2. The van der Waals surface area contributed by atoms with Gasteiger partial charge in [0.1, 0.15) is 11.5 Å². The van der Waals surface area contributed by atoms with Gasteiger partial charge in [-0.15, -0.1) is 0 Å². The Morgan fingerprint density at radius 2 is 1.60 bits per heavy atom. The molecule has 0 saturated carbocycles. The molecule has 1 aromatic heterocycles. The van der Waals surface area contributed by atoms with Crippen molar-refractivity contribution in [1.82, 2.24) is 4.98 Å². The van der Waals surface area contributed by atoms with Gasteiger partial charge in [-0.1, -0.05) is 29.4 Å². The second-order valence-corrected chi connectivity index (χ2v) is 8.40. The van der Waals surface area contributed by atoms with E-state index in [-0.39, 0.29) is 5.91 Å². The van der Waals surface area contributed by atoms with Crippen molar-refractivity contribution >= 4 is 28.1 Å². The Morgan fingerprint density at radius 1 is 0.886 bits per heavy atom. The number of allylic oxidation sites excluding steroid dienone is 5. The molecule has 0 spiro atoms. The van der Waals surface area contributed by atoms with Gasteiger partial charge < -0.3 is 19.5 Å². The van der Waals surface area contributed by atoms with E-state index < -0.39 is 0 Å². The van der Waals surface area contributed by atoms with Gasteiger partial charge in [-0.25, -0.2) is 0 Å². The SMILES string of the molecule is COc1cc2nccc(OC(/C=C\C(C)=C(C)C)=C(/C)c3cccc(NC(C)=O)c3)c2cc1OC. The van der Waals surface area contributed by atoms with E-state index in [1.165, 1.54) is 12.5 Å². The molecule has 3 rings (SSSR count). The van der Waals surface area contributed by atoms with E-state index in [0.717, 1.165) is 33.3 Å². The Labute approximate surface area is 206 Å². The zero-order chi connectivity index (χ0) is 25.5. The van der Waals surface area contributed by atoms with Gasteiger partial charge >= 0.3 is 0 Å². The molecule has 35 heavy (non-hydrogen) atoms. The summed E-state index contributed by atoms with van der Waals surface area (Å²) < 4.78 is 17.4. The molecule has 0 aliphatic rings. The molecule has 0 saturated heterocycles. The fourth-order valence-corrected chi connectivity index (χ4v) is 3.43. The van der Waals surface area contributed by atoms with Crippen molar-refractivity contribution in [1.29, 1.82) is 0 Å². The number of anilines is 1. The van der Waals surface area contributed by atoms with Gasteiger partial charge in [-0.05, 0) is 69.2 Å². The second-order valence-electron chi connectivity index (χ2n) is 8.40. The monoisotopic (exact) mass is 472 g/mol. The van der Waals surface area contributed by atoms with E-state index in [0.29, 0.717) is 23.0 Å². The summed E-state index contributed by atoms with van der Waals surface area (Å²) in [6.45, 7) is 9.70. The first-order valence-corrected chi connectivity index (χ1v) is 11.3. The molecule has 0 unspecified atom stereocenters. The van der Waals surface area contributed by atoms with Crippen molar-refractivity contribution in [3.8, 4) is 17.2 Å². The van der Waals surface area contributed by atoms with Crippen LogP contribution in [0.5, 0.6) is 17.2 Å². The number of pyridine rings is 1. The third kappa shape index (κ3) is 6.29. The molecule has 1 heterocycles. The standard InChI is InChI=1S/C29H32N2O4/c1-18(2)19(3)11-12-26(20(4)22-9-8-10-23(15-22)31-21(5)32)35-27-13-14-30-25-17-29(34-7)28(33-6)16-24(25)27/h8-17H,1-7H3,(H,31,32)/b12-11-,26-20-. The predicted molar refractivity (Wildman–Crippen MR) is 142 cm³/mol. The Kier molecular flexibility index (Phi) is 8.31. The first-order valence-electron chi connectivity index (χ1n) is 11.3. The normalized spacial score (nSPS) is 11.7. The Balaban J connectivity index is 2.15. The zero-order valence-corrected chi connectivity index (χ0v) is 21.4. The van der Waals surface area contributed by atoms with E-state index in [9.17, 15) is 4.79 Å². The minimum absolute atomic E-state index is 0.119. The highest BCUT2D eigenvalue weighted by atomic mass is 16.5. The number of ether oxygens (including phenoxy) is 3. The van der Waals surface area contributed by atoms with E-state index in [4.69, 9.17) is 14.2 Å². The lowest BCUT2D eigenvalue weighted by Crippen LogP contribution is -2.06. The molecule has 0 radical (unpaired) electrons. The fraction of sp³-hybridized carbons (Fsp3) is 0.241. The van der Waals surface area contributed by atoms with E-state index in [2.05, 4.69) is 31.1 Å². The summed E-state index contributed by atoms with van der Waals surface area (Å²) in [4.78, 5) is 16.0. The first-order chi connectivity index (χ1) is 16.7. The molecular weight excluding hydrogens is 440 g/mol. The minimum Gasteiger partial charge on any atom is -0.493 e. The van der Waals surface area contributed by atoms with Crippen LogP contribution < -0.4 is 19.5 Å². The summed E-state index contributed by atoms with van der Waals surface area (Å²) in [5, 5.41) is 3.64. The highest BCUT2D eigenvalue weighted by Crippen LogP contribution is 2.36. The molecule has 182 valence electrons. The second kappa shape index (κ2) is 11.4. The number of nitrogens with one attached hydrogen (secondary N) is 1.